The van der Waals surface area contributed by atoms with Crippen molar-refractivity contribution >= 4 is 11.9 Å². The highest BCUT2D eigenvalue weighted by molar-refractivity contribution is 6.08. The Morgan fingerprint density at radius 2 is 1.71 bits per heavy atom. The molecule has 130 valence electrons. The third kappa shape index (κ3) is 6.87. The molecule has 0 aliphatic carbocycles. The van der Waals surface area contributed by atoms with Gasteiger partial charge in [0, 0.05) is 23.2 Å². The molecule has 0 unspecified atom stereocenters. The Morgan fingerprint density at radius 1 is 1.12 bits per heavy atom. The lowest BCUT2D eigenvalue weighted by Gasteiger charge is -2.30. The van der Waals surface area contributed by atoms with Gasteiger partial charge in [-0.05, 0) is 66.5 Å². The zero-order valence-corrected chi connectivity index (χ0v) is 15.8. The third-order valence-electron chi connectivity index (χ3n) is 2.92. The highest BCUT2D eigenvalue weighted by atomic mass is 16.2. The summed E-state index contributed by atoms with van der Waals surface area (Å²) in [5, 5.41) is 2.99. The summed E-state index contributed by atoms with van der Waals surface area (Å²) in [7, 11) is 0. The van der Waals surface area contributed by atoms with E-state index in [4.69, 9.17) is 0 Å². The molecule has 0 atom stereocenters. The Balaban J connectivity index is 3.21. The molecule has 0 fully saturated rings. The number of hydrogen-bond donors (Lipinski definition) is 1. The number of nitrogens with zero attached hydrogens (tertiary/aromatic N) is 2. The van der Waals surface area contributed by atoms with Crippen LogP contribution in [0.3, 0.4) is 0 Å². The summed E-state index contributed by atoms with van der Waals surface area (Å²) in [5.41, 5.74) is 0.578. The van der Waals surface area contributed by atoms with Crippen LogP contribution in [-0.4, -0.2) is 34.4 Å². The van der Waals surface area contributed by atoms with Crippen LogP contribution < -0.4 is 5.32 Å². The Bertz CT molecular complexity index is 628. The largest absolute Gasteiger partial charge is 0.333 e. The van der Waals surface area contributed by atoms with Crippen molar-refractivity contribution in [2.24, 2.45) is 4.99 Å². The van der Waals surface area contributed by atoms with Gasteiger partial charge < -0.3 is 5.32 Å². The zero-order valence-electron chi connectivity index (χ0n) is 15.8. The van der Waals surface area contributed by atoms with E-state index >= 15 is 0 Å². The maximum absolute atomic E-state index is 12.7. The van der Waals surface area contributed by atoms with Crippen LogP contribution in [0.4, 0.5) is 4.79 Å². The molecule has 0 saturated heterocycles. The second-order valence-electron chi connectivity index (χ2n) is 7.31. The number of amidine groups is 1. The molecule has 1 aromatic carbocycles. The van der Waals surface area contributed by atoms with Gasteiger partial charge >= 0.3 is 6.03 Å². The van der Waals surface area contributed by atoms with E-state index in [-0.39, 0.29) is 23.7 Å². The predicted octanol–water partition coefficient (Wildman–Crippen LogP) is 4.06. The molecule has 0 spiro atoms. The molecule has 1 rings (SSSR count). The van der Waals surface area contributed by atoms with E-state index in [0.717, 1.165) is 5.56 Å². The van der Waals surface area contributed by atoms with Gasteiger partial charge in [0.1, 0.15) is 0 Å². The van der Waals surface area contributed by atoms with Gasteiger partial charge in [0.25, 0.3) is 0 Å². The normalized spacial score (nSPS) is 12.0. The molecule has 4 nitrogen and oxygen atoms in total. The van der Waals surface area contributed by atoms with E-state index in [2.05, 4.69) is 22.2 Å². The lowest BCUT2D eigenvalue weighted by Crippen LogP contribution is -2.52. The summed E-state index contributed by atoms with van der Waals surface area (Å²) >= 11 is 0. The molecule has 0 aliphatic rings. The summed E-state index contributed by atoms with van der Waals surface area (Å²) in [6.07, 6.45) is 0. The summed E-state index contributed by atoms with van der Waals surface area (Å²) in [4.78, 5) is 18.9. The number of amides is 2. The molecule has 4 heteroatoms. The molecule has 24 heavy (non-hydrogen) atoms. The van der Waals surface area contributed by atoms with Crippen molar-refractivity contribution in [3.05, 3.63) is 35.9 Å². The monoisotopic (exact) mass is 327 g/mol. The van der Waals surface area contributed by atoms with Gasteiger partial charge in [0.05, 0.1) is 0 Å². The maximum atomic E-state index is 12.7. The Labute approximate surface area is 146 Å². The number of carbonyl (C=O) groups is 1. The van der Waals surface area contributed by atoms with Crippen molar-refractivity contribution < 1.29 is 4.79 Å². The minimum atomic E-state index is -0.319. The molecular formula is C20H29N3O. The first kappa shape index (κ1) is 19.8. The SMILES string of the molecule is CC(C)N=C(C#Cc1ccccc1)N(C(=O)NC(C)(C)C)C(C)C. The fourth-order valence-electron chi connectivity index (χ4n) is 2.01. The van der Waals surface area contributed by atoms with Crippen LogP contribution in [0.25, 0.3) is 0 Å². The summed E-state index contributed by atoms with van der Waals surface area (Å²) in [6, 6.07) is 9.53. The number of benzene rings is 1. The number of hydrogen-bond acceptors (Lipinski definition) is 2. The first-order chi connectivity index (χ1) is 11.1. The van der Waals surface area contributed by atoms with Crippen LogP contribution in [0.1, 0.15) is 54.0 Å². The second-order valence-corrected chi connectivity index (χ2v) is 7.31. The molecule has 0 saturated carbocycles. The Morgan fingerprint density at radius 3 is 2.17 bits per heavy atom. The van der Waals surface area contributed by atoms with Gasteiger partial charge in [-0.25, -0.2) is 4.79 Å². The van der Waals surface area contributed by atoms with Gasteiger partial charge in [-0.2, -0.15) is 0 Å². The van der Waals surface area contributed by atoms with Crippen molar-refractivity contribution in [3.8, 4) is 11.8 Å². The molecule has 0 bridgehead atoms. The average Bonchev–Trinajstić information content (AvgIpc) is 2.43. The molecule has 1 N–H and O–H groups in total. The number of aliphatic imine (C=N–C) groups is 1. The highest BCUT2D eigenvalue weighted by Gasteiger charge is 2.25. The molecule has 2 amide bonds. The molecular weight excluding hydrogens is 298 g/mol. The summed E-state index contributed by atoms with van der Waals surface area (Å²) in [5.74, 6) is 6.67. The lowest BCUT2D eigenvalue weighted by atomic mass is 10.1. The summed E-state index contributed by atoms with van der Waals surface area (Å²) < 4.78 is 0. The molecule has 0 aromatic heterocycles. The number of nitrogens with one attached hydrogen (secondary N) is 1. The van der Waals surface area contributed by atoms with Gasteiger partial charge in [-0.1, -0.05) is 24.1 Å². The first-order valence-electron chi connectivity index (χ1n) is 8.36. The standard InChI is InChI=1S/C20H29N3O/c1-15(2)21-18(14-13-17-11-9-8-10-12-17)23(16(3)4)19(24)22-20(5,6)7/h8-12,15-16H,1-7H3,(H,22,24). The zero-order chi connectivity index (χ0) is 18.3. The average molecular weight is 327 g/mol. The van der Waals surface area contributed by atoms with Crippen LogP contribution in [0.5, 0.6) is 0 Å². The van der Waals surface area contributed by atoms with Gasteiger partial charge in [0.2, 0.25) is 0 Å². The van der Waals surface area contributed by atoms with Crippen molar-refractivity contribution in [2.45, 2.75) is 66.1 Å². The van der Waals surface area contributed by atoms with E-state index in [0.29, 0.717) is 5.84 Å². The van der Waals surface area contributed by atoms with Gasteiger partial charge in [0.15, 0.2) is 5.84 Å². The fourth-order valence-corrected chi connectivity index (χ4v) is 2.01. The highest BCUT2D eigenvalue weighted by Crippen LogP contribution is 2.08. The fraction of sp³-hybridized carbons (Fsp3) is 0.500. The number of rotatable bonds is 2. The number of carbonyl (C=O) groups excluding carboxylic acids is 1. The third-order valence-corrected chi connectivity index (χ3v) is 2.92. The van der Waals surface area contributed by atoms with Crippen LogP contribution in [0, 0.1) is 11.8 Å². The first-order valence-corrected chi connectivity index (χ1v) is 8.36. The molecule has 1 aromatic rings. The van der Waals surface area contributed by atoms with E-state index in [1.807, 2.05) is 78.8 Å². The van der Waals surface area contributed by atoms with E-state index < -0.39 is 0 Å². The van der Waals surface area contributed by atoms with Crippen molar-refractivity contribution in [2.75, 3.05) is 0 Å². The van der Waals surface area contributed by atoms with Crippen LogP contribution in [0.2, 0.25) is 0 Å². The van der Waals surface area contributed by atoms with Crippen LogP contribution >= 0.6 is 0 Å². The second kappa shape index (κ2) is 8.54. The Kier molecular flexibility index (Phi) is 7.03. The van der Waals surface area contributed by atoms with E-state index in [1.165, 1.54) is 0 Å². The minimum Gasteiger partial charge on any atom is -0.333 e. The quantitative estimate of drug-likeness (QED) is 0.497. The minimum absolute atomic E-state index is 0.0464. The van der Waals surface area contributed by atoms with Crippen molar-refractivity contribution in [3.63, 3.8) is 0 Å². The smallest absolute Gasteiger partial charge is 0.324 e. The topological polar surface area (TPSA) is 44.7 Å². The van der Waals surface area contributed by atoms with Crippen LogP contribution in [-0.2, 0) is 0 Å². The van der Waals surface area contributed by atoms with E-state index in [9.17, 15) is 4.79 Å². The van der Waals surface area contributed by atoms with Gasteiger partial charge in [-0.3, -0.25) is 9.89 Å². The molecule has 0 aliphatic heterocycles. The number of urea groups is 1. The predicted molar refractivity (Wildman–Crippen MR) is 101 cm³/mol. The van der Waals surface area contributed by atoms with Crippen LogP contribution in [0.15, 0.2) is 35.3 Å². The Hall–Kier alpha value is -2.28. The van der Waals surface area contributed by atoms with Crippen molar-refractivity contribution in [1.29, 1.82) is 0 Å². The maximum Gasteiger partial charge on any atom is 0.324 e. The lowest BCUT2D eigenvalue weighted by molar-refractivity contribution is 0.204. The summed E-state index contributed by atoms with van der Waals surface area (Å²) in [6.45, 7) is 13.7. The molecule has 0 radical (unpaired) electrons. The van der Waals surface area contributed by atoms with Crippen molar-refractivity contribution in [1.82, 2.24) is 10.2 Å². The van der Waals surface area contributed by atoms with E-state index in [1.54, 1.807) is 4.90 Å². The molecule has 0 heterocycles. The van der Waals surface area contributed by atoms with Gasteiger partial charge in [-0.15, -0.1) is 0 Å².